The maximum Gasteiger partial charge on any atom is 0 e. The molecule has 5 heteroatoms. The van der Waals surface area contributed by atoms with Crippen LogP contribution in [-0.4, -0.2) is 0 Å². The molecule has 0 heterocycles. The zero-order valence-electron chi connectivity index (χ0n) is 2.21. The molecule has 0 unspecified atom stereocenters. The third-order valence-electron chi connectivity index (χ3n) is 0. The van der Waals surface area contributed by atoms with E-state index in [0.29, 0.717) is 0 Å². The Morgan fingerprint density at radius 3 is 1.00 bits per heavy atom. The second-order valence-electron chi connectivity index (χ2n) is 0. The molecule has 0 aliphatic rings. The first kappa shape index (κ1) is 39.7. The summed E-state index contributed by atoms with van der Waals surface area (Å²) in [6.45, 7) is 0. The molecule has 26 valence electrons. The molecule has 0 aliphatic heterocycles. The molecule has 5 heavy (non-hydrogen) atoms. The van der Waals surface area contributed by atoms with Crippen LogP contribution in [0.25, 0.3) is 0 Å². The van der Waals surface area contributed by atoms with Crippen molar-refractivity contribution in [2.24, 2.45) is 0 Å². The maximum absolute atomic E-state index is 0. The van der Waals surface area contributed by atoms with E-state index in [9.17, 15) is 0 Å². The average Bonchev–Trinajstić information content (AvgIpc) is 0. The summed E-state index contributed by atoms with van der Waals surface area (Å²) in [7, 11) is 0. The summed E-state index contributed by atoms with van der Waals surface area (Å²) in [4.78, 5) is 0. The molecule has 0 aliphatic carbocycles. The van der Waals surface area contributed by atoms with Crippen LogP contribution in [0.5, 0.6) is 0 Å². The van der Waals surface area contributed by atoms with Crippen molar-refractivity contribution in [2.45, 2.75) is 0 Å². The maximum atomic E-state index is 0. The predicted molar refractivity (Wildman–Crippen MR) is 0 cm³/mol. The van der Waals surface area contributed by atoms with Crippen molar-refractivity contribution in [2.75, 3.05) is 0 Å². The van der Waals surface area contributed by atoms with Gasteiger partial charge in [-0.25, -0.2) is 0 Å². The van der Waals surface area contributed by atoms with Gasteiger partial charge < -0.3 is 0 Å². The summed E-state index contributed by atoms with van der Waals surface area (Å²) in [5, 5.41) is 0. The van der Waals surface area contributed by atoms with Gasteiger partial charge >= 0.3 is 0 Å². The van der Waals surface area contributed by atoms with Crippen LogP contribution in [0.1, 0.15) is 0 Å². The van der Waals surface area contributed by atoms with Gasteiger partial charge in [-0.1, -0.05) is 0 Å². The Kier molecular flexibility index (Phi) is 208. The quantitative estimate of drug-likeness (QED) is 0.438. The average molecular weight is 470 g/mol. The minimum absolute atomic E-state index is 0. The van der Waals surface area contributed by atoms with Gasteiger partial charge in [0.15, 0.2) is 0 Å². The van der Waals surface area contributed by atoms with Crippen molar-refractivity contribution < 1.29 is 105 Å². The first-order chi connectivity index (χ1) is 0. The van der Waals surface area contributed by atoms with Crippen molar-refractivity contribution in [1.29, 1.82) is 0 Å². The van der Waals surface area contributed by atoms with E-state index in [1.165, 1.54) is 0 Å². The molecule has 0 amide bonds. The standard InChI is InChI=1S/Cr.Mo.Nb.Ta.Ti. The number of hydrogen-bond donors (Lipinski definition) is 0. The van der Waals surface area contributed by atoms with Crippen LogP contribution in [0.3, 0.4) is 0 Å². The van der Waals surface area contributed by atoms with E-state index >= 15 is 0 Å². The van der Waals surface area contributed by atoms with Gasteiger partial charge in [-0.3, -0.25) is 0 Å². The topological polar surface area (TPSA) is 0 Å². The summed E-state index contributed by atoms with van der Waals surface area (Å²) in [5.74, 6) is 0. The molecular weight excluding hydrogens is 470 g/mol. The molecule has 0 nitrogen and oxygen atoms in total. The van der Waals surface area contributed by atoms with Crippen molar-refractivity contribution in [3.8, 4) is 0 Å². The van der Waals surface area contributed by atoms with E-state index in [4.69, 9.17) is 0 Å². The first-order valence-corrected chi connectivity index (χ1v) is 0. The molecule has 0 aromatic carbocycles. The Labute approximate surface area is 103 Å². The minimum atomic E-state index is 0. The Bertz CT molecular complexity index is 11.6. The molecule has 0 aromatic heterocycles. The SMILES string of the molecule is [Cr].[Mo].[Nb].[Ta].[Ti]. The van der Waals surface area contributed by atoms with E-state index < -0.39 is 0 Å². The molecule has 0 fully saturated rings. The Morgan fingerprint density at radius 2 is 1.00 bits per heavy atom. The fourth-order valence-corrected chi connectivity index (χ4v) is 0. The van der Waals surface area contributed by atoms with E-state index in [1.54, 1.807) is 0 Å². The number of rotatable bonds is 0. The third-order valence-corrected chi connectivity index (χ3v) is 0. The second-order valence-corrected chi connectivity index (χ2v) is 0. The van der Waals surface area contributed by atoms with E-state index in [2.05, 4.69) is 0 Å². The smallest absolute Gasteiger partial charge is 0 e. The fraction of sp³-hybridized carbons (Fsp3) is 0. The second kappa shape index (κ2) is 26.2. The van der Waals surface area contributed by atoms with Crippen molar-refractivity contribution in [3.63, 3.8) is 0 Å². The van der Waals surface area contributed by atoms with E-state index in [1.807, 2.05) is 0 Å². The van der Waals surface area contributed by atoms with Crippen LogP contribution in [0.4, 0.5) is 0 Å². The predicted octanol–water partition coefficient (Wildman–Crippen LogP) is -0.0125. The number of hydrogen-bond acceptors (Lipinski definition) is 0. The van der Waals surface area contributed by atoms with Gasteiger partial charge in [0.25, 0.3) is 0 Å². The van der Waals surface area contributed by atoms with E-state index in [0.717, 1.165) is 0 Å². The van der Waals surface area contributed by atoms with Crippen LogP contribution in [0, 0.1) is 0 Å². The van der Waals surface area contributed by atoms with Crippen LogP contribution in [-0.2, 0) is 105 Å². The molecular formula is CrMoNbTaTi. The fourth-order valence-electron chi connectivity index (χ4n) is 0. The third kappa shape index (κ3) is 18.6. The molecule has 0 aromatic rings. The monoisotopic (exact) mass is 472 g/mol. The Balaban J connectivity index is 0. The molecule has 0 spiro atoms. The first-order valence-electron chi connectivity index (χ1n) is 0. The van der Waals surface area contributed by atoms with Gasteiger partial charge in [-0.05, 0) is 0 Å². The normalized spacial score (nSPS) is 0. The molecule has 2 radical (unpaired) electrons. The van der Waals surface area contributed by atoms with Crippen molar-refractivity contribution in [3.05, 3.63) is 0 Å². The molecule has 0 saturated carbocycles. The zero-order valence-corrected chi connectivity index (χ0v) is 12.5. The van der Waals surface area contributed by atoms with Gasteiger partial charge in [0.2, 0.25) is 0 Å². The van der Waals surface area contributed by atoms with Crippen LogP contribution in [0.15, 0.2) is 0 Å². The largest absolute Gasteiger partial charge is 0 e. The van der Waals surface area contributed by atoms with Gasteiger partial charge in [0.1, 0.15) is 0 Å². The summed E-state index contributed by atoms with van der Waals surface area (Å²) >= 11 is 0. The molecule has 0 bridgehead atoms. The Hall–Kier alpha value is 3.42. The van der Waals surface area contributed by atoms with Crippen LogP contribution in [0.2, 0.25) is 0 Å². The molecule has 0 rings (SSSR count). The summed E-state index contributed by atoms with van der Waals surface area (Å²) in [5.41, 5.74) is 0. The van der Waals surface area contributed by atoms with Gasteiger partial charge in [0.05, 0.1) is 0 Å². The Morgan fingerprint density at radius 1 is 1.00 bits per heavy atom. The zero-order chi connectivity index (χ0) is 0. The summed E-state index contributed by atoms with van der Waals surface area (Å²) < 4.78 is 0. The minimum Gasteiger partial charge on any atom is 0 e. The van der Waals surface area contributed by atoms with Crippen molar-refractivity contribution >= 4 is 0 Å². The van der Waals surface area contributed by atoms with Gasteiger partial charge in [0, 0.05) is 105 Å². The molecule has 0 saturated heterocycles. The molecule has 0 N–H and O–H groups in total. The summed E-state index contributed by atoms with van der Waals surface area (Å²) in [6, 6.07) is 0. The van der Waals surface area contributed by atoms with Gasteiger partial charge in [-0.2, -0.15) is 0 Å². The van der Waals surface area contributed by atoms with E-state index in [-0.39, 0.29) is 105 Å². The van der Waals surface area contributed by atoms with Gasteiger partial charge in [-0.15, -0.1) is 0 Å². The van der Waals surface area contributed by atoms with Crippen LogP contribution >= 0.6 is 0 Å². The summed E-state index contributed by atoms with van der Waals surface area (Å²) in [6.07, 6.45) is 0. The van der Waals surface area contributed by atoms with Crippen molar-refractivity contribution in [1.82, 2.24) is 0 Å². The van der Waals surface area contributed by atoms with Crippen LogP contribution < -0.4 is 0 Å². The molecule has 0 atom stereocenters.